The van der Waals surface area contributed by atoms with Crippen molar-refractivity contribution in [3.05, 3.63) is 28.3 Å². The molecule has 1 aliphatic rings. The van der Waals surface area contributed by atoms with Crippen LogP contribution in [0, 0.1) is 20.8 Å². The average molecular weight is 234 g/mol. The van der Waals surface area contributed by atoms with E-state index in [0.29, 0.717) is 0 Å². The molecule has 0 saturated heterocycles. The zero-order valence-electron chi connectivity index (χ0n) is 11.1. The highest BCUT2D eigenvalue weighted by Crippen LogP contribution is 2.44. The van der Waals surface area contributed by atoms with Crippen LogP contribution in [-0.2, 0) is 0 Å². The molecule has 1 saturated carbocycles. The van der Waals surface area contributed by atoms with Gasteiger partial charge in [-0.25, -0.2) is 0 Å². The van der Waals surface area contributed by atoms with Gasteiger partial charge in [0.25, 0.3) is 0 Å². The van der Waals surface area contributed by atoms with Crippen LogP contribution in [0.5, 0.6) is 5.75 Å². The van der Waals surface area contributed by atoms with E-state index in [-0.39, 0.29) is 11.6 Å². The highest BCUT2D eigenvalue weighted by molar-refractivity contribution is 5.50. The lowest BCUT2D eigenvalue weighted by Crippen LogP contribution is -2.37. The Morgan fingerprint density at radius 3 is 2.29 bits per heavy atom. The standard InChI is InChI=1S/C14H22N2O/c1-8-7-11(17-4)9(2)10(3)12(8)13(15)14(16)5-6-14/h7,13H,5-6,15-16H2,1-4H3. The number of benzene rings is 1. The van der Waals surface area contributed by atoms with Gasteiger partial charge in [0.15, 0.2) is 0 Å². The molecule has 1 aromatic carbocycles. The van der Waals surface area contributed by atoms with Crippen molar-refractivity contribution >= 4 is 0 Å². The van der Waals surface area contributed by atoms with Gasteiger partial charge in [0.1, 0.15) is 5.75 Å². The fraction of sp³-hybridized carbons (Fsp3) is 0.571. The maximum Gasteiger partial charge on any atom is 0.122 e. The third kappa shape index (κ3) is 1.94. The third-order valence-corrected chi connectivity index (χ3v) is 4.09. The summed E-state index contributed by atoms with van der Waals surface area (Å²) in [6.45, 7) is 6.25. The van der Waals surface area contributed by atoms with E-state index in [1.807, 2.05) is 0 Å². The van der Waals surface area contributed by atoms with Crippen molar-refractivity contribution < 1.29 is 4.74 Å². The molecule has 3 nitrogen and oxygen atoms in total. The lowest BCUT2D eigenvalue weighted by atomic mass is 9.88. The smallest absolute Gasteiger partial charge is 0.122 e. The Bertz CT molecular complexity index is 450. The van der Waals surface area contributed by atoms with Gasteiger partial charge in [-0.05, 0) is 61.9 Å². The lowest BCUT2D eigenvalue weighted by molar-refractivity contribution is 0.410. The largest absolute Gasteiger partial charge is 0.496 e. The Labute approximate surface area is 103 Å². The minimum Gasteiger partial charge on any atom is -0.496 e. The predicted octanol–water partition coefficient (Wildman–Crippen LogP) is 2.11. The molecule has 1 fully saturated rings. The molecular weight excluding hydrogens is 212 g/mol. The van der Waals surface area contributed by atoms with Crippen molar-refractivity contribution in [2.75, 3.05) is 7.11 Å². The molecule has 0 aliphatic heterocycles. The molecule has 0 bridgehead atoms. The number of aryl methyl sites for hydroxylation is 1. The maximum absolute atomic E-state index is 6.33. The quantitative estimate of drug-likeness (QED) is 0.842. The van der Waals surface area contributed by atoms with Gasteiger partial charge < -0.3 is 16.2 Å². The summed E-state index contributed by atoms with van der Waals surface area (Å²) in [5.74, 6) is 0.929. The Kier molecular flexibility index (Phi) is 2.92. The second kappa shape index (κ2) is 4.00. The van der Waals surface area contributed by atoms with Crippen LogP contribution in [0.15, 0.2) is 6.07 Å². The molecular formula is C14H22N2O. The molecule has 4 N–H and O–H groups in total. The van der Waals surface area contributed by atoms with E-state index >= 15 is 0 Å². The predicted molar refractivity (Wildman–Crippen MR) is 70.3 cm³/mol. The first-order valence-electron chi connectivity index (χ1n) is 6.10. The van der Waals surface area contributed by atoms with Crippen molar-refractivity contribution in [2.45, 2.75) is 45.2 Å². The van der Waals surface area contributed by atoms with E-state index in [9.17, 15) is 0 Å². The fourth-order valence-electron chi connectivity index (χ4n) is 2.50. The van der Waals surface area contributed by atoms with Crippen molar-refractivity contribution in [3.63, 3.8) is 0 Å². The third-order valence-electron chi connectivity index (χ3n) is 4.09. The van der Waals surface area contributed by atoms with Crippen molar-refractivity contribution in [1.29, 1.82) is 0 Å². The molecule has 0 heterocycles. The van der Waals surface area contributed by atoms with E-state index in [2.05, 4.69) is 26.8 Å². The van der Waals surface area contributed by atoms with Crippen LogP contribution in [0.2, 0.25) is 0 Å². The first kappa shape index (κ1) is 12.4. The highest BCUT2D eigenvalue weighted by Gasteiger charge is 2.45. The number of methoxy groups -OCH3 is 1. The van der Waals surface area contributed by atoms with Gasteiger partial charge in [0.2, 0.25) is 0 Å². The molecule has 1 aliphatic carbocycles. The number of nitrogens with two attached hydrogens (primary N) is 2. The lowest BCUT2D eigenvalue weighted by Gasteiger charge is -2.25. The summed E-state index contributed by atoms with van der Waals surface area (Å²) in [6, 6.07) is 2.00. The molecule has 1 unspecified atom stereocenters. The topological polar surface area (TPSA) is 61.3 Å². The fourth-order valence-corrected chi connectivity index (χ4v) is 2.50. The molecule has 17 heavy (non-hydrogen) atoms. The molecule has 1 atom stereocenters. The van der Waals surface area contributed by atoms with Crippen LogP contribution in [0.4, 0.5) is 0 Å². The zero-order chi connectivity index (χ0) is 12.8. The first-order valence-corrected chi connectivity index (χ1v) is 6.10. The van der Waals surface area contributed by atoms with Gasteiger partial charge in [0, 0.05) is 11.6 Å². The molecule has 1 aromatic rings. The van der Waals surface area contributed by atoms with Gasteiger partial charge in [-0.15, -0.1) is 0 Å². The van der Waals surface area contributed by atoms with Crippen LogP contribution in [0.1, 0.15) is 41.1 Å². The van der Waals surface area contributed by atoms with Crippen LogP contribution < -0.4 is 16.2 Å². The molecule has 0 aromatic heterocycles. The van der Waals surface area contributed by atoms with E-state index in [1.165, 1.54) is 16.7 Å². The van der Waals surface area contributed by atoms with E-state index in [4.69, 9.17) is 16.2 Å². The van der Waals surface area contributed by atoms with Crippen LogP contribution >= 0.6 is 0 Å². The van der Waals surface area contributed by atoms with E-state index in [1.54, 1.807) is 7.11 Å². The SMILES string of the molecule is COc1cc(C)c(C(N)C2(N)CC2)c(C)c1C. The monoisotopic (exact) mass is 234 g/mol. The van der Waals surface area contributed by atoms with Crippen LogP contribution in [-0.4, -0.2) is 12.6 Å². The van der Waals surface area contributed by atoms with Crippen LogP contribution in [0.25, 0.3) is 0 Å². The van der Waals surface area contributed by atoms with Gasteiger partial charge in [0.05, 0.1) is 7.11 Å². The highest BCUT2D eigenvalue weighted by atomic mass is 16.5. The minimum absolute atomic E-state index is 0.0629. The van der Waals surface area contributed by atoms with E-state index in [0.717, 1.165) is 24.2 Å². The number of ether oxygens (including phenoxy) is 1. The van der Waals surface area contributed by atoms with E-state index < -0.39 is 0 Å². The molecule has 2 rings (SSSR count). The molecule has 94 valence electrons. The second-order valence-corrected chi connectivity index (χ2v) is 5.27. The van der Waals surface area contributed by atoms with Gasteiger partial charge in [-0.3, -0.25) is 0 Å². The normalized spacial score (nSPS) is 18.9. The maximum atomic E-state index is 6.33. The van der Waals surface area contributed by atoms with Crippen molar-refractivity contribution in [1.82, 2.24) is 0 Å². The average Bonchev–Trinajstić information content (AvgIpc) is 3.03. The van der Waals surface area contributed by atoms with Gasteiger partial charge >= 0.3 is 0 Å². The zero-order valence-corrected chi connectivity index (χ0v) is 11.1. The Hall–Kier alpha value is -1.06. The van der Waals surface area contributed by atoms with Crippen molar-refractivity contribution in [3.8, 4) is 5.75 Å². The first-order chi connectivity index (χ1) is 7.90. The summed E-state index contributed by atoms with van der Waals surface area (Å²) >= 11 is 0. The molecule has 3 heteroatoms. The number of hydrogen-bond donors (Lipinski definition) is 2. The minimum atomic E-state index is -0.184. The van der Waals surface area contributed by atoms with Gasteiger partial charge in [-0.2, -0.15) is 0 Å². The Morgan fingerprint density at radius 2 is 1.82 bits per heavy atom. The summed E-state index contributed by atoms with van der Waals surface area (Å²) in [5.41, 5.74) is 17.1. The second-order valence-electron chi connectivity index (χ2n) is 5.27. The summed E-state index contributed by atoms with van der Waals surface area (Å²) in [4.78, 5) is 0. The van der Waals surface area contributed by atoms with Gasteiger partial charge in [-0.1, -0.05) is 0 Å². The molecule has 0 amide bonds. The van der Waals surface area contributed by atoms with Crippen molar-refractivity contribution in [2.24, 2.45) is 11.5 Å². The summed E-state index contributed by atoms with van der Waals surface area (Å²) < 4.78 is 5.37. The Balaban J connectivity index is 2.51. The molecule has 0 spiro atoms. The number of rotatable bonds is 3. The van der Waals surface area contributed by atoms with Crippen LogP contribution in [0.3, 0.4) is 0 Å². The summed E-state index contributed by atoms with van der Waals surface area (Å²) in [5, 5.41) is 0. The summed E-state index contributed by atoms with van der Waals surface area (Å²) in [7, 11) is 1.70. The molecule has 0 radical (unpaired) electrons. The Morgan fingerprint density at radius 1 is 1.24 bits per heavy atom. The number of hydrogen-bond acceptors (Lipinski definition) is 3. The summed E-state index contributed by atoms with van der Waals surface area (Å²) in [6.07, 6.45) is 2.05.